The highest BCUT2D eigenvalue weighted by Crippen LogP contribution is 2.22. The number of aliphatic hydroxyl groups excluding tert-OH is 1. The molecule has 3 nitrogen and oxygen atoms in total. The van der Waals surface area contributed by atoms with Crippen molar-refractivity contribution in [3.8, 4) is 0 Å². The van der Waals surface area contributed by atoms with Crippen molar-refractivity contribution in [2.45, 2.75) is 44.2 Å². The monoisotopic (exact) mass is 298 g/mol. The van der Waals surface area contributed by atoms with Crippen LogP contribution >= 0.6 is 0 Å². The minimum Gasteiger partial charge on any atom is -0.395 e. The summed E-state index contributed by atoms with van der Waals surface area (Å²) < 4.78 is 26.9. The summed E-state index contributed by atoms with van der Waals surface area (Å²) in [7, 11) is 0. The molecule has 0 aromatic heterocycles. The van der Waals surface area contributed by atoms with Gasteiger partial charge in [-0.15, -0.1) is 0 Å². The number of benzene rings is 1. The van der Waals surface area contributed by atoms with Crippen LogP contribution in [0.3, 0.4) is 0 Å². The second-order valence-corrected chi connectivity index (χ2v) is 5.76. The van der Waals surface area contributed by atoms with Crippen molar-refractivity contribution >= 4 is 0 Å². The number of hydrogen-bond donors (Lipinski definition) is 2. The first-order valence-electron chi connectivity index (χ1n) is 7.68. The third-order valence-electron chi connectivity index (χ3n) is 4.32. The predicted octanol–water partition coefficient (Wildman–Crippen LogP) is 2.59. The van der Waals surface area contributed by atoms with E-state index in [0.29, 0.717) is 13.0 Å². The lowest BCUT2D eigenvalue weighted by Gasteiger charge is -2.29. The molecular formula is C16H24F2N2O. The molecule has 2 rings (SSSR count). The molecule has 5 heteroatoms. The molecule has 1 aromatic rings. The molecule has 0 radical (unpaired) electrons. The molecule has 0 aliphatic carbocycles. The summed E-state index contributed by atoms with van der Waals surface area (Å²) in [4.78, 5) is 2.23. The van der Waals surface area contributed by atoms with E-state index in [1.54, 1.807) is 0 Å². The van der Waals surface area contributed by atoms with Crippen molar-refractivity contribution in [2.24, 2.45) is 5.73 Å². The van der Waals surface area contributed by atoms with Crippen LogP contribution in [0.15, 0.2) is 18.2 Å². The topological polar surface area (TPSA) is 49.5 Å². The molecule has 2 atom stereocenters. The normalized spacial score (nSPS) is 22.0. The molecule has 0 bridgehead atoms. The number of nitrogens with two attached hydrogens (primary N) is 1. The van der Waals surface area contributed by atoms with Gasteiger partial charge in [0.2, 0.25) is 0 Å². The molecule has 118 valence electrons. The molecule has 1 aliphatic heterocycles. The van der Waals surface area contributed by atoms with E-state index >= 15 is 0 Å². The molecule has 0 saturated carbocycles. The molecular weight excluding hydrogens is 274 g/mol. The standard InChI is InChI=1S/C16H24F2N2O/c17-14-7-4-6-13(16(14)18)15(19)8-10-20-9-3-1-2-5-12(20)11-21/h4,6-7,12,15,21H,1-3,5,8-11,19H2. The van der Waals surface area contributed by atoms with E-state index in [1.165, 1.54) is 18.6 Å². The average Bonchev–Trinajstić information content (AvgIpc) is 2.72. The lowest BCUT2D eigenvalue weighted by atomic mass is 10.0. The summed E-state index contributed by atoms with van der Waals surface area (Å²) in [6.07, 6.45) is 4.96. The maximum Gasteiger partial charge on any atom is 0.163 e. The summed E-state index contributed by atoms with van der Waals surface area (Å²) in [5.41, 5.74) is 6.24. The van der Waals surface area contributed by atoms with E-state index in [0.717, 1.165) is 31.9 Å². The third-order valence-corrected chi connectivity index (χ3v) is 4.32. The fraction of sp³-hybridized carbons (Fsp3) is 0.625. The van der Waals surface area contributed by atoms with Crippen LogP contribution in [0.2, 0.25) is 0 Å². The lowest BCUT2D eigenvalue weighted by molar-refractivity contribution is 0.121. The summed E-state index contributed by atoms with van der Waals surface area (Å²) in [6, 6.07) is 3.76. The Morgan fingerprint density at radius 1 is 1.29 bits per heavy atom. The second kappa shape index (κ2) is 7.82. The van der Waals surface area contributed by atoms with Crippen molar-refractivity contribution in [3.63, 3.8) is 0 Å². The van der Waals surface area contributed by atoms with Gasteiger partial charge in [0.25, 0.3) is 0 Å². The molecule has 1 aromatic carbocycles. The van der Waals surface area contributed by atoms with Crippen LogP contribution in [-0.4, -0.2) is 35.7 Å². The first-order valence-corrected chi connectivity index (χ1v) is 7.68. The SMILES string of the molecule is NC(CCN1CCCCCC1CO)c1cccc(F)c1F. The van der Waals surface area contributed by atoms with Gasteiger partial charge in [-0.25, -0.2) is 8.78 Å². The Morgan fingerprint density at radius 2 is 2.10 bits per heavy atom. The Morgan fingerprint density at radius 3 is 2.86 bits per heavy atom. The van der Waals surface area contributed by atoms with Gasteiger partial charge in [-0.2, -0.15) is 0 Å². The molecule has 21 heavy (non-hydrogen) atoms. The zero-order valence-electron chi connectivity index (χ0n) is 12.3. The smallest absolute Gasteiger partial charge is 0.163 e. The number of likely N-dealkylation sites (tertiary alicyclic amines) is 1. The van der Waals surface area contributed by atoms with Gasteiger partial charge >= 0.3 is 0 Å². The maximum absolute atomic E-state index is 13.7. The van der Waals surface area contributed by atoms with Gasteiger partial charge in [0.15, 0.2) is 11.6 Å². The first kappa shape index (κ1) is 16.3. The van der Waals surface area contributed by atoms with Crippen molar-refractivity contribution in [1.29, 1.82) is 0 Å². The number of aliphatic hydroxyl groups is 1. The Labute approximate surface area is 124 Å². The predicted molar refractivity (Wildman–Crippen MR) is 78.8 cm³/mol. The van der Waals surface area contributed by atoms with Crippen LogP contribution in [-0.2, 0) is 0 Å². The van der Waals surface area contributed by atoms with Crippen LogP contribution in [0.1, 0.15) is 43.7 Å². The van der Waals surface area contributed by atoms with Gasteiger partial charge in [-0.05, 0) is 31.9 Å². The largest absolute Gasteiger partial charge is 0.395 e. The Kier molecular flexibility index (Phi) is 6.08. The average molecular weight is 298 g/mol. The van der Waals surface area contributed by atoms with Crippen molar-refractivity contribution in [2.75, 3.05) is 19.7 Å². The summed E-state index contributed by atoms with van der Waals surface area (Å²) in [5, 5.41) is 9.47. The van der Waals surface area contributed by atoms with E-state index in [9.17, 15) is 13.9 Å². The summed E-state index contributed by atoms with van der Waals surface area (Å²) in [6.45, 7) is 1.77. The van der Waals surface area contributed by atoms with Crippen LogP contribution in [0, 0.1) is 11.6 Å². The second-order valence-electron chi connectivity index (χ2n) is 5.76. The van der Waals surface area contributed by atoms with Crippen molar-refractivity contribution < 1.29 is 13.9 Å². The number of hydrogen-bond acceptors (Lipinski definition) is 3. The highest BCUT2D eigenvalue weighted by molar-refractivity contribution is 5.22. The number of nitrogens with zero attached hydrogens (tertiary/aromatic N) is 1. The Bertz CT molecular complexity index is 456. The van der Waals surface area contributed by atoms with Crippen LogP contribution in [0.25, 0.3) is 0 Å². The molecule has 3 N–H and O–H groups in total. The molecule has 1 aliphatic rings. The highest BCUT2D eigenvalue weighted by atomic mass is 19.2. The molecule has 1 saturated heterocycles. The third kappa shape index (κ3) is 4.22. The van der Waals surface area contributed by atoms with Gasteiger partial charge in [-0.3, -0.25) is 4.90 Å². The fourth-order valence-electron chi connectivity index (χ4n) is 3.01. The highest BCUT2D eigenvalue weighted by Gasteiger charge is 2.22. The first-order chi connectivity index (χ1) is 10.1. The van der Waals surface area contributed by atoms with Gasteiger partial charge in [0.05, 0.1) is 6.61 Å². The van der Waals surface area contributed by atoms with E-state index in [-0.39, 0.29) is 18.2 Å². The molecule has 1 heterocycles. The fourth-order valence-corrected chi connectivity index (χ4v) is 3.01. The van der Waals surface area contributed by atoms with E-state index in [1.807, 2.05) is 0 Å². The Balaban J connectivity index is 1.96. The lowest BCUT2D eigenvalue weighted by Crippen LogP contribution is -2.39. The minimum absolute atomic E-state index is 0.142. The molecule has 1 fully saturated rings. The quantitative estimate of drug-likeness (QED) is 0.878. The number of rotatable bonds is 5. The van der Waals surface area contributed by atoms with Crippen LogP contribution < -0.4 is 5.73 Å². The minimum atomic E-state index is -0.856. The van der Waals surface area contributed by atoms with Crippen molar-refractivity contribution in [3.05, 3.63) is 35.4 Å². The van der Waals surface area contributed by atoms with Crippen LogP contribution in [0.4, 0.5) is 8.78 Å². The maximum atomic E-state index is 13.7. The van der Waals surface area contributed by atoms with Gasteiger partial charge in [-0.1, -0.05) is 25.0 Å². The number of halogens is 2. The van der Waals surface area contributed by atoms with E-state index in [4.69, 9.17) is 5.73 Å². The van der Waals surface area contributed by atoms with Crippen molar-refractivity contribution in [1.82, 2.24) is 4.90 Å². The zero-order chi connectivity index (χ0) is 15.2. The molecule has 0 spiro atoms. The molecule has 0 amide bonds. The van der Waals surface area contributed by atoms with E-state index in [2.05, 4.69) is 4.90 Å². The van der Waals surface area contributed by atoms with Gasteiger partial charge < -0.3 is 10.8 Å². The van der Waals surface area contributed by atoms with E-state index < -0.39 is 17.7 Å². The van der Waals surface area contributed by atoms with Gasteiger partial charge in [0, 0.05) is 24.2 Å². The van der Waals surface area contributed by atoms with Gasteiger partial charge in [0.1, 0.15) is 0 Å². The Hall–Kier alpha value is -1.04. The van der Waals surface area contributed by atoms with Crippen LogP contribution in [0.5, 0.6) is 0 Å². The summed E-state index contributed by atoms with van der Waals surface area (Å²) in [5.74, 6) is -1.70. The molecule has 2 unspecified atom stereocenters. The zero-order valence-corrected chi connectivity index (χ0v) is 12.3. The summed E-state index contributed by atoms with van der Waals surface area (Å²) >= 11 is 0.